The minimum absolute atomic E-state index is 0.0234. The minimum Gasteiger partial charge on any atom is -0.348 e. The predicted molar refractivity (Wildman–Crippen MR) is 84.2 cm³/mol. The second kappa shape index (κ2) is 5.99. The van der Waals surface area contributed by atoms with Gasteiger partial charge in [-0.3, -0.25) is 19.7 Å². The first-order valence-electron chi connectivity index (χ1n) is 7.61. The van der Waals surface area contributed by atoms with Gasteiger partial charge in [0, 0.05) is 31.4 Å². The fraction of sp³-hybridized carbons (Fsp3) is 0.467. The lowest BCUT2D eigenvalue weighted by molar-refractivity contribution is -0.128. The molecule has 0 aliphatic carbocycles. The van der Waals surface area contributed by atoms with Gasteiger partial charge in [0.2, 0.25) is 17.6 Å². The molecule has 9 nitrogen and oxygen atoms in total. The number of nitrogens with one attached hydrogen (secondary N) is 2. The van der Waals surface area contributed by atoms with Crippen LogP contribution in [0.15, 0.2) is 18.6 Å². The molecule has 0 unspecified atom stereocenters. The van der Waals surface area contributed by atoms with Gasteiger partial charge in [0.25, 0.3) is 0 Å². The average Bonchev–Trinajstić information content (AvgIpc) is 3.13. The van der Waals surface area contributed by atoms with E-state index in [0.717, 1.165) is 0 Å². The van der Waals surface area contributed by atoms with E-state index in [4.69, 9.17) is 0 Å². The summed E-state index contributed by atoms with van der Waals surface area (Å²) in [6.45, 7) is 3.99. The van der Waals surface area contributed by atoms with Crippen LogP contribution in [0.5, 0.6) is 0 Å². The fourth-order valence-electron chi connectivity index (χ4n) is 2.73. The third kappa shape index (κ3) is 2.84. The number of amides is 2. The molecule has 3 rings (SSSR count). The van der Waals surface area contributed by atoms with Gasteiger partial charge < -0.3 is 10.2 Å². The van der Waals surface area contributed by atoms with Crippen LogP contribution < -0.4 is 5.32 Å². The van der Waals surface area contributed by atoms with Crippen molar-refractivity contribution in [2.45, 2.75) is 32.4 Å². The van der Waals surface area contributed by atoms with Crippen molar-refractivity contribution in [3.8, 4) is 11.5 Å². The Labute approximate surface area is 138 Å². The first-order chi connectivity index (χ1) is 11.4. The minimum atomic E-state index is -0.507. The molecule has 1 fully saturated rings. The van der Waals surface area contributed by atoms with Crippen LogP contribution in [0.2, 0.25) is 0 Å². The van der Waals surface area contributed by atoms with E-state index in [2.05, 4.69) is 30.5 Å². The number of carbonyl (C=O) groups is 2. The van der Waals surface area contributed by atoms with Crippen LogP contribution in [0.3, 0.4) is 0 Å². The highest BCUT2D eigenvalue weighted by atomic mass is 16.2. The fourth-order valence-corrected chi connectivity index (χ4v) is 2.73. The van der Waals surface area contributed by atoms with Crippen LogP contribution in [0.4, 0.5) is 0 Å². The highest BCUT2D eigenvalue weighted by Crippen LogP contribution is 2.34. The van der Waals surface area contributed by atoms with Gasteiger partial charge in [-0.15, -0.1) is 0 Å². The molecule has 0 saturated carbocycles. The number of likely N-dealkylation sites (tertiary alicyclic amines) is 1. The molecule has 1 atom stereocenters. The summed E-state index contributed by atoms with van der Waals surface area (Å²) in [6, 6.07) is 0. The molecule has 0 bridgehead atoms. The molecule has 2 N–H and O–H groups in total. The molecule has 2 aromatic heterocycles. The maximum Gasteiger partial charge on any atom is 0.226 e. The number of aromatic nitrogens is 5. The number of carbonyl (C=O) groups excluding carboxylic acids is 2. The maximum absolute atomic E-state index is 12.4. The third-order valence-corrected chi connectivity index (χ3v) is 4.54. The monoisotopic (exact) mass is 329 g/mol. The highest BCUT2D eigenvalue weighted by Gasteiger charge is 2.47. The van der Waals surface area contributed by atoms with Crippen molar-refractivity contribution in [3.63, 3.8) is 0 Å². The van der Waals surface area contributed by atoms with Crippen LogP contribution in [0.1, 0.15) is 26.1 Å². The predicted octanol–water partition coefficient (Wildman–Crippen LogP) is 0.135. The zero-order valence-corrected chi connectivity index (χ0v) is 13.8. The topological polar surface area (TPSA) is 117 Å². The lowest BCUT2D eigenvalue weighted by Crippen LogP contribution is -2.46. The van der Waals surface area contributed by atoms with Gasteiger partial charge in [0.05, 0.1) is 18.7 Å². The quantitative estimate of drug-likeness (QED) is 0.824. The maximum atomic E-state index is 12.4. The molecule has 24 heavy (non-hydrogen) atoms. The second-order valence-electron chi connectivity index (χ2n) is 6.28. The van der Waals surface area contributed by atoms with Gasteiger partial charge in [-0.2, -0.15) is 5.10 Å². The first-order valence-corrected chi connectivity index (χ1v) is 7.61. The van der Waals surface area contributed by atoms with Crippen molar-refractivity contribution in [3.05, 3.63) is 24.4 Å². The summed E-state index contributed by atoms with van der Waals surface area (Å²) in [4.78, 5) is 38.3. The Kier molecular flexibility index (Phi) is 4.00. The van der Waals surface area contributed by atoms with Crippen molar-refractivity contribution in [2.24, 2.45) is 5.92 Å². The zero-order chi connectivity index (χ0) is 17.3. The number of H-pyrrole nitrogens is 1. The van der Waals surface area contributed by atoms with Crippen LogP contribution in [0.25, 0.3) is 11.5 Å². The zero-order valence-electron chi connectivity index (χ0n) is 13.8. The molecule has 3 heterocycles. The van der Waals surface area contributed by atoms with Crippen molar-refractivity contribution in [1.82, 2.24) is 35.4 Å². The molecule has 2 aromatic rings. The van der Waals surface area contributed by atoms with E-state index in [1.165, 1.54) is 0 Å². The SMILES string of the molecule is CN1C(=O)C[C@H](C(=O)NCc2nc(-c3cnccn3)n[nH]2)C1(C)C. The van der Waals surface area contributed by atoms with Crippen LogP contribution in [0, 0.1) is 5.92 Å². The van der Waals surface area contributed by atoms with Crippen molar-refractivity contribution < 1.29 is 9.59 Å². The van der Waals surface area contributed by atoms with E-state index in [1.54, 1.807) is 30.5 Å². The Morgan fingerprint density at radius 1 is 1.46 bits per heavy atom. The van der Waals surface area contributed by atoms with Crippen LogP contribution in [-0.2, 0) is 16.1 Å². The third-order valence-electron chi connectivity index (χ3n) is 4.54. The van der Waals surface area contributed by atoms with Gasteiger partial charge in [0.1, 0.15) is 11.5 Å². The molecular weight excluding hydrogens is 310 g/mol. The Morgan fingerprint density at radius 2 is 2.25 bits per heavy atom. The Balaban J connectivity index is 1.63. The Bertz CT molecular complexity index is 756. The van der Waals surface area contributed by atoms with E-state index in [-0.39, 0.29) is 24.8 Å². The molecular formula is C15H19N7O2. The summed E-state index contributed by atoms with van der Waals surface area (Å²) in [5.41, 5.74) is 0.0448. The molecule has 0 spiro atoms. The summed E-state index contributed by atoms with van der Waals surface area (Å²) < 4.78 is 0. The molecule has 0 radical (unpaired) electrons. The molecule has 1 aliphatic heterocycles. The Morgan fingerprint density at radius 3 is 2.88 bits per heavy atom. The molecule has 1 saturated heterocycles. The molecule has 2 amide bonds. The second-order valence-corrected chi connectivity index (χ2v) is 6.28. The number of hydrogen-bond acceptors (Lipinski definition) is 6. The van der Waals surface area contributed by atoms with E-state index in [0.29, 0.717) is 17.3 Å². The first kappa shape index (κ1) is 16.0. The molecule has 1 aliphatic rings. The highest BCUT2D eigenvalue weighted by molar-refractivity contribution is 5.90. The summed E-state index contributed by atoms with van der Waals surface area (Å²) in [5.74, 6) is 0.347. The van der Waals surface area contributed by atoms with E-state index in [9.17, 15) is 9.59 Å². The summed E-state index contributed by atoms with van der Waals surface area (Å²) >= 11 is 0. The van der Waals surface area contributed by atoms with Crippen molar-refractivity contribution in [2.75, 3.05) is 7.05 Å². The summed E-state index contributed by atoms with van der Waals surface area (Å²) in [6.07, 6.45) is 4.91. The number of aromatic amines is 1. The van der Waals surface area contributed by atoms with Crippen molar-refractivity contribution in [1.29, 1.82) is 0 Å². The average molecular weight is 329 g/mol. The van der Waals surface area contributed by atoms with Gasteiger partial charge in [-0.25, -0.2) is 9.97 Å². The van der Waals surface area contributed by atoms with E-state index in [1.807, 2.05) is 13.8 Å². The Hall–Kier alpha value is -2.84. The number of hydrogen-bond donors (Lipinski definition) is 2. The van der Waals surface area contributed by atoms with Gasteiger partial charge in [-0.05, 0) is 13.8 Å². The van der Waals surface area contributed by atoms with Crippen LogP contribution in [-0.4, -0.2) is 54.5 Å². The standard InChI is InChI=1S/C15H19N7O2/c1-15(2)9(6-12(23)22(15)3)14(24)18-8-11-19-13(21-20-11)10-7-16-4-5-17-10/h4-5,7,9H,6,8H2,1-3H3,(H,18,24)(H,19,20,21)/t9-/m1/s1. The summed E-state index contributed by atoms with van der Waals surface area (Å²) in [5, 5.41) is 9.64. The molecule has 9 heteroatoms. The normalized spacial score (nSPS) is 19.5. The van der Waals surface area contributed by atoms with E-state index >= 15 is 0 Å². The van der Waals surface area contributed by atoms with Gasteiger partial charge in [-0.1, -0.05) is 0 Å². The number of rotatable bonds is 4. The molecule has 126 valence electrons. The lowest BCUT2D eigenvalue weighted by atomic mass is 9.88. The largest absolute Gasteiger partial charge is 0.348 e. The van der Waals surface area contributed by atoms with Crippen molar-refractivity contribution >= 4 is 11.8 Å². The van der Waals surface area contributed by atoms with E-state index < -0.39 is 11.5 Å². The van der Waals surface area contributed by atoms with Gasteiger partial charge >= 0.3 is 0 Å². The smallest absolute Gasteiger partial charge is 0.226 e. The lowest BCUT2D eigenvalue weighted by Gasteiger charge is -2.32. The van der Waals surface area contributed by atoms with Crippen LogP contribution >= 0.6 is 0 Å². The number of nitrogens with zero attached hydrogens (tertiary/aromatic N) is 5. The van der Waals surface area contributed by atoms with Gasteiger partial charge in [0.15, 0.2) is 0 Å². The summed E-state index contributed by atoms with van der Waals surface area (Å²) in [7, 11) is 1.72. The molecule has 0 aromatic carbocycles.